The van der Waals surface area contributed by atoms with Gasteiger partial charge in [-0.3, -0.25) is 5.32 Å². The van der Waals surface area contributed by atoms with Crippen LogP contribution < -0.4 is 5.32 Å². The number of carbonyl (C=O) groups excluding carboxylic acids is 1. The van der Waals surface area contributed by atoms with Gasteiger partial charge in [0.1, 0.15) is 5.60 Å². The maximum Gasteiger partial charge on any atom is 0.412 e. The second-order valence-electron chi connectivity index (χ2n) is 5.67. The Balaban J connectivity index is 2.05. The van der Waals surface area contributed by atoms with Crippen molar-refractivity contribution in [2.24, 2.45) is 0 Å². The van der Waals surface area contributed by atoms with Crippen molar-refractivity contribution < 1.29 is 9.53 Å². The van der Waals surface area contributed by atoms with Crippen LogP contribution >= 0.6 is 11.3 Å². The van der Waals surface area contributed by atoms with Crippen molar-refractivity contribution in [2.45, 2.75) is 39.3 Å². The zero-order chi connectivity index (χ0) is 13.3. The Kier molecular flexibility index (Phi) is 3.64. The molecule has 0 bridgehead atoms. The summed E-state index contributed by atoms with van der Waals surface area (Å²) in [6.45, 7) is 7.60. The van der Waals surface area contributed by atoms with Gasteiger partial charge in [0.15, 0.2) is 0 Å². The smallest absolute Gasteiger partial charge is 0.412 e. The predicted molar refractivity (Wildman–Crippen MR) is 74.2 cm³/mol. The Morgan fingerprint density at radius 1 is 1.50 bits per heavy atom. The third-order valence-corrected chi connectivity index (χ3v) is 3.79. The molecule has 0 unspecified atom stereocenters. The fourth-order valence-corrected chi connectivity index (χ4v) is 3.09. The van der Waals surface area contributed by atoms with Crippen LogP contribution in [0.3, 0.4) is 0 Å². The van der Waals surface area contributed by atoms with Crippen molar-refractivity contribution in [1.29, 1.82) is 0 Å². The first kappa shape index (κ1) is 13.4. The van der Waals surface area contributed by atoms with Crippen LogP contribution in [0.5, 0.6) is 0 Å². The molecule has 1 aromatic rings. The number of hydrogen-bond donors (Lipinski definition) is 1. The van der Waals surface area contributed by atoms with E-state index in [1.54, 1.807) is 11.3 Å². The molecule has 0 fully saturated rings. The summed E-state index contributed by atoms with van der Waals surface area (Å²) >= 11 is 1.70. The van der Waals surface area contributed by atoms with E-state index >= 15 is 0 Å². The van der Waals surface area contributed by atoms with Crippen LogP contribution in [-0.2, 0) is 17.7 Å². The maximum absolute atomic E-state index is 11.7. The average molecular weight is 268 g/mol. The monoisotopic (exact) mass is 268 g/mol. The molecule has 1 amide bonds. The number of rotatable bonds is 1. The quantitative estimate of drug-likeness (QED) is 0.851. The van der Waals surface area contributed by atoms with Crippen LogP contribution in [0.1, 0.15) is 31.2 Å². The number of hydrogen-bond acceptors (Lipinski definition) is 4. The van der Waals surface area contributed by atoms with Crippen molar-refractivity contribution in [1.82, 2.24) is 4.90 Å². The molecule has 0 aliphatic carbocycles. The third kappa shape index (κ3) is 3.23. The van der Waals surface area contributed by atoms with Crippen LogP contribution in [0.2, 0.25) is 0 Å². The molecule has 1 aromatic heterocycles. The molecule has 4 nitrogen and oxygen atoms in total. The predicted octanol–water partition coefficient (Wildman–Crippen LogP) is 3.08. The summed E-state index contributed by atoms with van der Waals surface area (Å²) < 4.78 is 5.27. The maximum atomic E-state index is 11.7. The fraction of sp³-hybridized carbons (Fsp3) is 0.615. The minimum Gasteiger partial charge on any atom is -0.444 e. The van der Waals surface area contributed by atoms with E-state index < -0.39 is 5.60 Å². The first-order valence-corrected chi connectivity index (χ1v) is 7.01. The lowest BCUT2D eigenvalue weighted by Crippen LogP contribution is -2.28. The van der Waals surface area contributed by atoms with Crippen molar-refractivity contribution in [3.05, 3.63) is 15.8 Å². The third-order valence-electron chi connectivity index (χ3n) is 2.77. The Bertz CT molecular complexity index is 448. The summed E-state index contributed by atoms with van der Waals surface area (Å²) in [6, 6.07) is 0. The topological polar surface area (TPSA) is 41.6 Å². The normalized spacial score (nSPS) is 16.2. The van der Waals surface area contributed by atoms with Crippen LogP contribution in [0.25, 0.3) is 0 Å². The molecular weight excluding hydrogens is 248 g/mol. The van der Waals surface area contributed by atoms with Crippen molar-refractivity contribution in [3.8, 4) is 0 Å². The zero-order valence-corrected chi connectivity index (χ0v) is 12.2. The van der Waals surface area contributed by atoms with E-state index in [0.29, 0.717) is 0 Å². The van der Waals surface area contributed by atoms with E-state index in [9.17, 15) is 4.79 Å². The van der Waals surface area contributed by atoms with Gasteiger partial charge in [-0.15, -0.1) is 11.3 Å². The second-order valence-corrected chi connectivity index (χ2v) is 6.63. The van der Waals surface area contributed by atoms with E-state index in [4.69, 9.17) is 4.74 Å². The lowest BCUT2D eigenvalue weighted by Gasteiger charge is -2.23. The summed E-state index contributed by atoms with van der Waals surface area (Å²) in [4.78, 5) is 15.4. The van der Waals surface area contributed by atoms with Crippen LogP contribution in [-0.4, -0.2) is 30.2 Å². The first-order chi connectivity index (χ1) is 8.35. The lowest BCUT2D eigenvalue weighted by molar-refractivity contribution is 0.0636. The standard InChI is InChI=1S/C13H20N2O2S/c1-13(2,3)17-12(16)14-10-8-18-11-7-15(4)6-5-9(10)11/h8H,5-7H2,1-4H3,(H,14,16). The molecule has 1 aliphatic heterocycles. The lowest BCUT2D eigenvalue weighted by atomic mass is 10.1. The number of fused-ring (bicyclic) bond motifs is 1. The number of ether oxygens (including phenoxy) is 1. The van der Waals surface area contributed by atoms with E-state index in [2.05, 4.69) is 17.3 Å². The van der Waals surface area contributed by atoms with Gasteiger partial charge in [0, 0.05) is 23.3 Å². The highest BCUT2D eigenvalue weighted by atomic mass is 32.1. The Labute approximate surface area is 112 Å². The van der Waals surface area contributed by atoms with Crippen LogP contribution in [0, 0.1) is 0 Å². The second kappa shape index (κ2) is 4.90. The average Bonchev–Trinajstić information content (AvgIpc) is 2.57. The molecule has 5 heteroatoms. The highest BCUT2D eigenvalue weighted by Gasteiger charge is 2.21. The molecule has 2 rings (SSSR count). The molecule has 0 aromatic carbocycles. The minimum atomic E-state index is -0.458. The molecule has 0 radical (unpaired) electrons. The molecule has 1 aliphatic rings. The number of amides is 1. The molecule has 2 heterocycles. The molecular formula is C13H20N2O2S. The highest BCUT2D eigenvalue weighted by molar-refractivity contribution is 7.10. The van der Waals surface area contributed by atoms with E-state index in [-0.39, 0.29) is 6.09 Å². The number of anilines is 1. The van der Waals surface area contributed by atoms with Crippen molar-refractivity contribution >= 4 is 23.1 Å². The summed E-state index contributed by atoms with van der Waals surface area (Å²) in [5.74, 6) is 0. The minimum absolute atomic E-state index is 0.373. The molecule has 0 spiro atoms. The van der Waals surface area contributed by atoms with Gasteiger partial charge >= 0.3 is 6.09 Å². The van der Waals surface area contributed by atoms with Gasteiger partial charge in [-0.2, -0.15) is 0 Å². The summed E-state index contributed by atoms with van der Waals surface area (Å²) in [6.07, 6.45) is 0.613. The van der Waals surface area contributed by atoms with Gasteiger partial charge in [-0.25, -0.2) is 4.79 Å². The Hall–Kier alpha value is -1.07. The van der Waals surface area contributed by atoms with Crippen LogP contribution in [0.15, 0.2) is 5.38 Å². The first-order valence-electron chi connectivity index (χ1n) is 6.13. The fourth-order valence-electron chi connectivity index (χ4n) is 1.97. The van der Waals surface area contributed by atoms with Crippen LogP contribution in [0.4, 0.5) is 10.5 Å². The SMILES string of the molecule is CN1CCc2c(NC(=O)OC(C)(C)C)csc2C1. The zero-order valence-electron chi connectivity index (χ0n) is 11.4. The molecule has 1 N–H and O–H groups in total. The number of nitrogens with one attached hydrogen (secondary N) is 1. The van der Waals surface area contributed by atoms with Crippen molar-refractivity contribution in [3.63, 3.8) is 0 Å². The number of carbonyl (C=O) groups is 1. The summed E-state index contributed by atoms with van der Waals surface area (Å²) in [5, 5.41) is 4.86. The summed E-state index contributed by atoms with van der Waals surface area (Å²) in [5.41, 5.74) is 1.72. The van der Waals surface area contributed by atoms with E-state index in [0.717, 1.165) is 25.2 Å². The van der Waals surface area contributed by atoms with Gasteiger partial charge in [0.25, 0.3) is 0 Å². The van der Waals surface area contributed by atoms with E-state index in [1.807, 2.05) is 26.2 Å². The number of likely N-dealkylation sites (N-methyl/N-ethyl adjacent to an activating group) is 1. The van der Waals surface area contributed by atoms with Gasteiger partial charge in [0.05, 0.1) is 5.69 Å². The molecule has 100 valence electrons. The van der Waals surface area contributed by atoms with Gasteiger partial charge in [-0.1, -0.05) is 0 Å². The molecule has 18 heavy (non-hydrogen) atoms. The van der Waals surface area contributed by atoms with E-state index in [1.165, 1.54) is 10.4 Å². The Morgan fingerprint density at radius 2 is 2.22 bits per heavy atom. The highest BCUT2D eigenvalue weighted by Crippen LogP contribution is 2.32. The molecule has 0 saturated carbocycles. The largest absolute Gasteiger partial charge is 0.444 e. The summed E-state index contributed by atoms with van der Waals surface area (Å²) in [7, 11) is 2.11. The van der Waals surface area contributed by atoms with Crippen molar-refractivity contribution in [2.75, 3.05) is 18.9 Å². The number of nitrogens with zero attached hydrogens (tertiary/aromatic N) is 1. The molecule has 0 atom stereocenters. The van der Waals surface area contributed by atoms with Gasteiger partial charge in [-0.05, 0) is 39.8 Å². The van der Waals surface area contributed by atoms with Gasteiger partial charge in [0.2, 0.25) is 0 Å². The number of thiophene rings is 1. The van der Waals surface area contributed by atoms with Gasteiger partial charge < -0.3 is 9.64 Å². The Morgan fingerprint density at radius 3 is 2.89 bits per heavy atom. The molecule has 0 saturated heterocycles.